The maximum absolute atomic E-state index is 13.0. The van der Waals surface area contributed by atoms with E-state index in [-0.39, 0.29) is 23.5 Å². The maximum atomic E-state index is 13.0. The van der Waals surface area contributed by atoms with E-state index in [9.17, 15) is 9.18 Å². The molecule has 0 fully saturated rings. The molecule has 0 radical (unpaired) electrons. The van der Waals surface area contributed by atoms with Crippen LogP contribution in [-0.4, -0.2) is 41.4 Å². The van der Waals surface area contributed by atoms with E-state index in [1.165, 1.54) is 12.1 Å². The summed E-state index contributed by atoms with van der Waals surface area (Å²) in [5.41, 5.74) is 1.15. The Bertz CT molecular complexity index is 883. The van der Waals surface area contributed by atoms with Gasteiger partial charge in [0.15, 0.2) is 5.69 Å². The van der Waals surface area contributed by atoms with Gasteiger partial charge in [-0.2, -0.15) is 0 Å². The third kappa shape index (κ3) is 3.96. The average molecular weight is 356 g/mol. The number of nitrogens with zero attached hydrogens (tertiary/aromatic N) is 6. The molecule has 0 spiro atoms. The number of carbonyl (C=O) groups excluding carboxylic acids is 1. The van der Waals surface area contributed by atoms with Crippen LogP contribution in [0.1, 0.15) is 35.7 Å². The number of aromatic nitrogens is 5. The van der Waals surface area contributed by atoms with Crippen LogP contribution >= 0.6 is 0 Å². The van der Waals surface area contributed by atoms with Crippen LogP contribution in [0.4, 0.5) is 4.39 Å². The van der Waals surface area contributed by atoms with E-state index in [0.717, 1.165) is 11.4 Å². The Morgan fingerprint density at radius 1 is 1.27 bits per heavy atom. The Kier molecular flexibility index (Phi) is 5.11. The molecule has 0 N–H and O–H groups in total. The molecule has 0 aliphatic heterocycles. The fourth-order valence-electron chi connectivity index (χ4n) is 2.59. The second-order valence-corrected chi connectivity index (χ2v) is 6.41. The quantitative estimate of drug-likeness (QED) is 0.679. The third-order valence-corrected chi connectivity index (χ3v) is 4.13. The molecule has 2 heterocycles. The first-order chi connectivity index (χ1) is 12.4. The Hall–Kier alpha value is -3.03. The van der Waals surface area contributed by atoms with Crippen molar-refractivity contribution in [3.8, 4) is 0 Å². The fourth-order valence-corrected chi connectivity index (χ4v) is 2.59. The zero-order valence-corrected chi connectivity index (χ0v) is 15.0. The average Bonchev–Trinajstić information content (AvgIpc) is 3.23. The highest BCUT2D eigenvalue weighted by atomic mass is 19.1. The number of benzene rings is 1. The minimum absolute atomic E-state index is 0.0125. The largest absolute Gasteiger partial charge is 0.337 e. The lowest BCUT2D eigenvalue weighted by molar-refractivity contribution is 0.0677. The standard InChI is InChI=1S/C18H21FN6O/c1-13(2)25(12-17-20-8-9-23(17)3)18(26)16-11-24(22-21-16)10-14-4-6-15(19)7-5-14/h4-9,11,13H,10,12H2,1-3H3. The predicted molar refractivity (Wildman–Crippen MR) is 93.7 cm³/mol. The zero-order valence-electron chi connectivity index (χ0n) is 15.0. The van der Waals surface area contributed by atoms with Crippen LogP contribution in [0.3, 0.4) is 0 Å². The molecular formula is C18H21FN6O. The van der Waals surface area contributed by atoms with Gasteiger partial charge in [0.05, 0.1) is 19.3 Å². The molecule has 0 unspecified atom stereocenters. The Morgan fingerprint density at radius 3 is 2.62 bits per heavy atom. The minimum atomic E-state index is -0.287. The van der Waals surface area contributed by atoms with E-state index >= 15 is 0 Å². The number of carbonyl (C=O) groups is 1. The van der Waals surface area contributed by atoms with Gasteiger partial charge < -0.3 is 9.47 Å². The Balaban J connectivity index is 1.74. The SMILES string of the molecule is CC(C)N(Cc1nccn1C)C(=O)c1cn(Cc2ccc(F)cc2)nn1. The summed E-state index contributed by atoms with van der Waals surface area (Å²) in [4.78, 5) is 18.8. The summed E-state index contributed by atoms with van der Waals surface area (Å²) in [5, 5.41) is 8.02. The van der Waals surface area contributed by atoms with Crippen LogP contribution in [0, 0.1) is 5.82 Å². The van der Waals surface area contributed by atoms with Crippen molar-refractivity contribution >= 4 is 5.91 Å². The highest BCUT2D eigenvalue weighted by Gasteiger charge is 2.23. The molecule has 0 saturated heterocycles. The number of halogens is 1. The van der Waals surface area contributed by atoms with Crippen molar-refractivity contribution < 1.29 is 9.18 Å². The molecule has 1 aromatic carbocycles. The summed E-state index contributed by atoms with van der Waals surface area (Å²) in [6.07, 6.45) is 5.16. The Labute approximate surface area is 151 Å². The van der Waals surface area contributed by atoms with Gasteiger partial charge in [0.25, 0.3) is 5.91 Å². The van der Waals surface area contributed by atoms with Gasteiger partial charge in [-0.25, -0.2) is 14.1 Å². The lowest BCUT2D eigenvalue weighted by Crippen LogP contribution is -2.37. The van der Waals surface area contributed by atoms with E-state index < -0.39 is 0 Å². The molecule has 0 aliphatic rings. The number of aryl methyl sites for hydroxylation is 1. The topological polar surface area (TPSA) is 68.8 Å². The first-order valence-corrected chi connectivity index (χ1v) is 8.36. The molecule has 26 heavy (non-hydrogen) atoms. The second-order valence-electron chi connectivity index (χ2n) is 6.41. The van der Waals surface area contributed by atoms with E-state index in [0.29, 0.717) is 13.1 Å². The minimum Gasteiger partial charge on any atom is -0.337 e. The van der Waals surface area contributed by atoms with Gasteiger partial charge in [-0.05, 0) is 31.5 Å². The number of hydrogen-bond donors (Lipinski definition) is 0. The summed E-state index contributed by atoms with van der Waals surface area (Å²) in [6, 6.07) is 6.14. The van der Waals surface area contributed by atoms with Crippen LogP contribution in [0.15, 0.2) is 42.9 Å². The lowest BCUT2D eigenvalue weighted by atomic mass is 10.2. The molecule has 8 heteroatoms. The van der Waals surface area contributed by atoms with Crippen LogP contribution in [0.25, 0.3) is 0 Å². The summed E-state index contributed by atoms with van der Waals surface area (Å²) in [5.74, 6) is 0.309. The van der Waals surface area contributed by atoms with Gasteiger partial charge in [-0.1, -0.05) is 17.3 Å². The van der Waals surface area contributed by atoms with Crippen molar-refractivity contribution in [1.82, 2.24) is 29.4 Å². The lowest BCUT2D eigenvalue weighted by Gasteiger charge is -2.25. The van der Waals surface area contributed by atoms with Crippen LogP contribution in [0.5, 0.6) is 0 Å². The molecular weight excluding hydrogens is 335 g/mol. The molecule has 0 bridgehead atoms. The zero-order chi connectivity index (χ0) is 18.7. The molecule has 1 amide bonds. The number of hydrogen-bond acceptors (Lipinski definition) is 4. The van der Waals surface area contributed by atoms with Crippen molar-refractivity contribution in [3.63, 3.8) is 0 Å². The van der Waals surface area contributed by atoms with Gasteiger partial charge in [0, 0.05) is 25.5 Å². The molecule has 7 nitrogen and oxygen atoms in total. The number of amides is 1. The highest BCUT2D eigenvalue weighted by molar-refractivity contribution is 5.92. The highest BCUT2D eigenvalue weighted by Crippen LogP contribution is 2.12. The van der Waals surface area contributed by atoms with Gasteiger partial charge >= 0.3 is 0 Å². The van der Waals surface area contributed by atoms with Crippen LogP contribution in [-0.2, 0) is 20.1 Å². The third-order valence-electron chi connectivity index (χ3n) is 4.13. The van der Waals surface area contributed by atoms with Gasteiger partial charge in [-0.15, -0.1) is 5.10 Å². The van der Waals surface area contributed by atoms with Crippen LogP contribution < -0.4 is 0 Å². The molecule has 0 aliphatic carbocycles. The molecule has 0 saturated carbocycles. The van der Waals surface area contributed by atoms with Gasteiger partial charge in [0.1, 0.15) is 11.6 Å². The van der Waals surface area contributed by atoms with E-state index in [4.69, 9.17) is 0 Å². The smallest absolute Gasteiger partial charge is 0.276 e. The molecule has 2 aromatic heterocycles. The molecule has 136 valence electrons. The summed E-state index contributed by atoms with van der Waals surface area (Å²) >= 11 is 0. The van der Waals surface area contributed by atoms with Crippen LogP contribution in [0.2, 0.25) is 0 Å². The van der Waals surface area contributed by atoms with Gasteiger partial charge in [0.2, 0.25) is 0 Å². The van der Waals surface area contributed by atoms with E-state index in [2.05, 4.69) is 15.3 Å². The molecule has 3 rings (SSSR count). The first-order valence-electron chi connectivity index (χ1n) is 8.36. The van der Waals surface area contributed by atoms with E-state index in [1.807, 2.05) is 31.7 Å². The second kappa shape index (κ2) is 7.47. The van der Waals surface area contributed by atoms with Crippen molar-refractivity contribution in [2.75, 3.05) is 0 Å². The first kappa shape index (κ1) is 17.8. The summed E-state index contributed by atoms with van der Waals surface area (Å²) in [7, 11) is 1.89. The normalized spacial score (nSPS) is 11.1. The van der Waals surface area contributed by atoms with Gasteiger partial charge in [-0.3, -0.25) is 4.79 Å². The number of rotatable bonds is 6. The van der Waals surface area contributed by atoms with Crippen molar-refractivity contribution in [3.05, 3.63) is 65.8 Å². The molecule has 3 aromatic rings. The summed E-state index contributed by atoms with van der Waals surface area (Å²) < 4.78 is 16.4. The predicted octanol–water partition coefficient (Wildman–Crippen LogP) is 2.25. The van der Waals surface area contributed by atoms with Crippen molar-refractivity contribution in [2.45, 2.75) is 33.0 Å². The fraction of sp³-hybridized carbons (Fsp3) is 0.333. The number of imidazole rings is 1. The maximum Gasteiger partial charge on any atom is 0.276 e. The monoisotopic (exact) mass is 356 g/mol. The molecule has 0 atom stereocenters. The van der Waals surface area contributed by atoms with Crippen molar-refractivity contribution in [1.29, 1.82) is 0 Å². The Morgan fingerprint density at radius 2 is 2.00 bits per heavy atom. The summed E-state index contributed by atoms with van der Waals surface area (Å²) in [6.45, 7) is 4.71. The van der Waals surface area contributed by atoms with Crippen molar-refractivity contribution in [2.24, 2.45) is 7.05 Å². The van der Waals surface area contributed by atoms with E-state index in [1.54, 1.807) is 34.1 Å².